The molecule has 2 amide bonds. The van der Waals surface area contributed by atoms with Crippen molar-refractivity contribution in [3.05, 3.63) is 64.8 Å². The van der Waals surface area contributed by atoms with Gasteiger partial charge in [0, 0.05) is 37.8 Å². The number of amides is 2. The number of fused-ring (bicyclic) bond motifs is 1. The molecule has 29 heavy (non-hydrogen) atoms. The maximum atomic E-state index is 12.9. The third kappa shape index (κ3) is 3.23. The highest BCUT2D eigenvalue weighted by Gasteiger charge is 2.28. The van der Waals surface area contributed by atoms with Crippen LogP contribution < -0.4 is 9.47 Å². The van der Waals surface area contributed by atoms with Crippen LogP contribution in [-0.4, -0.2) is 61.4 Å². The molecule has 3 aliphatic heterocycles. The zero-order valence-corrected chi connectivity index (χ0v) is 15.6. The van der Waals surface area contributed by atoms with Crippen molar-refractivity contribution in [1.29, 1.82) is 0 Å². The predicted molar refractivity (Wildman–Crippen MR) is 99.8 cm³/mol. The summed E-state index contributed by atoms with van der Waals surface area (Å²) in [5, 5.41) is 0. The quantitative estimate of drug-likeness (QED) is 0.709. The van der Waals surface area contributed by atoms with Crippen LogP contribution >= 0.6 is 0 Å². The highest BCUT2D eigenvalue weighted by atomic mass is 16.7. The summed E-state index contributed by atoms with van der Waals surface area (Å²) < 4.78 is 21.3. The van der Waals surface area contributed by atoms with Gasteiger partial charge in [-0.15, -0.1) is 5.73 Å². The number of rotatable bonds is 2. The van der Waals surface area contributed by atoms with E-state index in [1.54, 1.807) is 46.2 Å². The van der Waals surface area contributed by atoms with E-state index < -0.39 is 0 Å². The fourth-order valence-electron chi connectivity index (χ4n) is 3.55. The first-order valence-electron chi connectivity index (χ1n) is 9.31. The number of hydrogen-bond donors (Lipinski definition) is 0. The largest absolute Gasteiger partial charge is 0.454 e. The Bertz CT molecular complexity index is 1010. The monoisotopic (exact) mass is 394 g/mol. The summed E-state index contributed by atoms with van der Waals surface area (Å²) in [6.45, 7) is 2.13. The van der Waals surface area contributed by atoms with Crippen molar-refractivity contribution in [1.82, 2.24) is 9.80 Å². The highest BCUT2D eigenvalue weighted by molar-refractivity contribution is 5.97. The smallest absolute Gasteiger partial charge is 0.254 e. The second-order valence-corrected chi connectivity index (χ2v) is 6.84. The Morgan fingerprint density at radius 3 is 2.31 bits per heavy atom. The minimum absolute atomic E-state index is 0.0850. The third-order valence-corrected chi connectivity index (χ3v) is 5.13. The van der Waals surface area contributed by atoms with Crippen molar-refractivity contribution in [3.8, 4) is 11.5 Å². The molecular formula is C21H18N2O6. The summed E-state index contributed by atoms with van der Waals surface area (Å²) in [5.41, 5.74) is 3.97. The molecule has 0 unspecified atom stereocenters. The molecule has 1 saturated heterocycles. The van der Waals surface area contributed by atoms with E-state index in [1.165, 1.54) is 0 Å². The first kappa shape index (κ1) is 17.5. The molecule has 1 aromatic rings. The Kier molecular flexibility index (Phi) is 4.26. The Balaban J connectivity index is 1.24. The zero-order chi connectivity index (χ0) is 19.8. The van der Waals surface area contributed by atoms with Crippen LogP contribution in [0.25, 0.3) is 0 Å². The standard InChI is InChI=1S/C21H18N2O6/c24-20(14-2-1-3-16-18(10-14)28-12-26-16)22-6-8-23(9-7-22)21(25)15-4-5-17-19(11-15)29-13-27-17/h2-5,10-11H,6-9,12-13H2. The molecule has 148 valence electrons. The van der Waals surface area contributed by atoms with Crippen LogP contribution in [0.1, 0.15) is 10.4 Å². The first-order valence-corrected chi connectivity index (χ1v) is 9.31. The van der Waals surface area contributed by atoms with E-state index in [-0.39, 0.29) is 25.4 Å². The number of nitrogens with zero attached hydrogens (tertiary/aromatic N) is 2. The molecule has 0 aromatic heterocycles. The van der Waals surface area contributed by atoms with E-state index in [2.05, 4.69) is 5.73 Å². The van der Waals surface area contributed by atoms with Gasteiger partial charge < -0.3 is 28.7 Å². The average Bonchev–Trinajstić information content (AvgIpc) is 3.36. The van der Waals surface area contributed by atoms with Crippen LogP contribution in [0.2, 0.25) is 0 Å². The van der Waals surface area contributed by atoms with Gasteiger partial charge in [-0.2, -0.15) is 0 Å². The fourth-order valence-corrected chi connectivity index (χ4v) is 3.55. The molecule has 0 saturated carbocycles. The van der Waals surface area contributed by atoms with Gasteiger partial charge in [-0.3, -0.25) is 9.59 Å². The Morgan fingerprint density at radius 1 is 0.793 bits per heavy atom. The van der Waals surface area contributed by atoms with Gasteiger partial charge in [-0.25, -0.2) is 0 Å². The van der Waals surface area contributed by atoms with Gasteiger partial charge in [-0.1, -0.05) is 0 Å². The Morgan fingerprint density at radius 2 is 1.48 bits per heavy atom. The molecule has 0 N–H and O–H groups in total. The maximum Gasteiger partial charge on any atom is 0.254 e. The van der Waals surface area contributed by atoms with Crippen LogP contribution in [0, 0.1) is 0 Å². The van der Waals surface area contributed by atoms with Crippen LogP contribution in [0.4, 0.5) is 0 Å². The number of ether oxygens (including phenoxy) is 4. The first-order chi connectivity index (χ1) is 14.2. The number of carbonyl (C=O) groups excluding carboxylic acids is 2. The van der Waals surface area contributed by atoms with Gasteiger partial charge in [-0.05, 0) is 30.4 Å². The maximum absolute atomic E-state index is 12.9. The van der Waals surface area contributed by atoms with Gasteiger partial charge in [0.2, 0.25) is 13.6 Å². The molecule has 3 heterocycles. The van der Waals surface area contributed by atoms with Gasteiger partial charge >= 0.3 is 0 Å². The normalized spacial score (nSPS) is 19.4. The molecule has 0 atom stereocenters. The van der Waals surface area contributed by atoms with Crippen LogP contribution in [0.3, 0.4) is 0 Å². The molecule has 8 heteroatoms. The molecule has 4 aliphatic rings. The average molecular weight is 394 g/mol. The van der Waals surface area contributed by atoms with Crippen molar-refractivity contribution in [3.63, 3.8) is 0 Å². The lowest BCUT2D eigenvalue weighted by molar-refractivity contribution is -0.128. The minimum atomic E-state index is -0.120. The zero-order valence-electron chi connectivity index (χ0n) is 15.6. The number of carbonyl (C=O) groups is 2. The van der Waals surface area contributed by atoms with Crippen molar-refractivity contribution in [2.45, 2.75) is 0 Å². The fraction of sp³-hybridized carbons (Fsp3) is 0.286. The molecule has 1 aromatic carbocycles. The van der Waals surface area contributed by atoms with E-state index in [0.29, 0.717) is 60.3 Å². The summed E-state index contributed by atoms with van der Waals surface area (Å²) in [7, 11) is 0. The Labute approximate surface area is 166 Å². The van der Waals surface area contributed by atoms with Crippen molar-refractivity contribution in [2.24, 2.45) is 0 Å². The molecule has 0 spiro atoms. The van der Waals surface area contributed by atoms with Crippen LogP contribution in [0.15, 0.2) is 59.2 Å². The lowest BCUT2D eigenvalue weighted by Gasteiger charge is -2.35. The molecule has 0 bridgehead atoms. The molecule has 1 fully saturated rings. The van der Waals surface area contributed by atoms with Crippen LogP contribution in [-0.2, 0) is 14.3 Å². The molecule has 1 aliphatic carbocycles. The minimum Gasteiger partial charge on any atom is -0.454 e. The van der Waals surface area contributed by atoms with E-state index in [0.717, 1.165) is 0 Å². The lowest BCUT2D eigenvalue weighted by Crippen LogP contribution is -2.50. The molecule has 8 nitrogen and oxygen atoms in total. The number of allylic oxidation sites excluding steroid dienone is 2. The van der Waals surface area contributed by atoms with Gasteiger partial charge in [0.15, 0.2) is 23.0 Å². The summed E-state index contributed by atoms with van der Waals surface area (Å²) in [5.74, 6) is 2.13. The second-order valence-electron chi connectivity index (χ2n) is 6.84. The molecule has 5 rings (SSSR count). The molecule has 0 radical (unpaired) electrons. The summed E-state index contributed by atoms with van der Waals surface area (Å²) in [4.78, 5) is 29.2. The second kappa shape index (κ2) is 7.07. The van der Waals surface area contributed by atoms with E-state index >= 15 is 0 Å². The van der Waals surface area contributed by atoms with Crippen molar-refractivity contribution < 1.29 is 28.5 Å². The number of hydrogen-bond acceptors (Lipinski definition) is 6. The van der Waals surface area contributed by atoms with E-state index in [4.69, 9.17) is 18.9 Å². The summed E-state index contributed by atoms with van der Waals surface area (Å²) >= 11 is 0. The number of piperazine rings is 1. The lowest BCUT2D eigenvalue weighted by atomic mass is 10.1. The third-order valence-electron chi connectivity index (χ3n) is 5.13. The summed E-state index contributed by atoms with van der Waals surface area (Å²) in [6.07, 6.45) is 4.95. The van der Waals surface area contributed by atoms with Crippen molar-refractivity contribution in [2.75, 3.05) is 39.8 Å². The van der Waals surface area contributed by atoms with Crippen molar-refractivity contribution >= 4 is 11.8 Å². The summed E-state index contributed by atoms with van der Waals surface area (Å²) in [6, 6.07) is 5.17. The predicted octanol–water partition coefficient (Wildman–Crippen LogP) is 1.57. The Hall–Kier alpha value is -3.64. The van der Waals surface area contributed by atoms with Gasteiger partial charge in [0.25, 0.3) is 11.8 Å². The topological polar surface area (TPSA) is 77.5 Å². The number of benzene rings is 1. The van der Waals surface area contributed by atoms with E-state index in [1.807, 2.05) is 0 Å². The SMILES string of the molecule is O=C(C1=CC2=C(C=C=C1)OCO2)N1CCN(C(=O)c2ccc3c(c2)OCO3)CC1. The highest BCUT2D eigenvalue weighted by Crippen LogP contribution is 2.33. The van der Waals surface area contributed by atoms with Crippen LogP contribution in [0.5, 0.6) is 11.5 Å². The van der Waals surface area contributed by atoms with E-state index in [9.17, 15) is 9.59 Å². The molecular weight excluding hydrogens is 376 g/mol. The van der Waals surface area contributed by atoms with Gasteiger partial charge in [0.05, 0.1) is 5.57 Å². The van der Waals surface area contributed by atoms with Gasteiger partial charge in [0.1, 0.15) is 0 Å².